The summed E-state index contributed by atoms with van der Waals surface area (Å²) in [6, 6.07) is 9.62. The summed E-state index contributed by atoms with van der Waals surface area (Å²) in [5.74, 6) is 0.616. The minimum Gasteiger partial charge on any atom is -0.377 e. The number of hydrogen-bond acceptors (Lipinski definition) is 3. The van der Waals surface area contributed by atoms with E-state index in [0.29, 0.717) is 5.84 Å². The zero-order valence-corrected chi connectivity index (χ0v) is 9.72. The highest BCUT2D eigenvalue weighted by Crippen LogP contribution is 2.39. The van der Waals surface area contributed by atoms with Gasteiger partial charge < -0.3 is 4.84 Å². The molecule has 4 heteroatoms. The number of amidine groups is 1. The van der Waals surface area contributed by atoms with Crippen LogP contribution in [0.5, 0.6) is 0 Å². The molecule has 4 nitrogen and oxygen atoms in total. The maximum absolute atomic E-state index is 12.2. The summed E-state index contributed by atoms with van der Waals surface area (Å²) in [6.07, 6.45) is 2.60. The highest BCUT2D eigenvalue weighted by atomic mass is 16.7. The molecule has 88 valence electrons. The van der Waals surface area contributed by atoms with Crippen LogP contribution < -0.4 is 0 Å². The third-order valence-electron chi connectivity index (χ3n) is 3.51. The lowest BCUT2D eigenvalue weighted by molar-refractivity contribution is -0.171. The standard InChI is InChI=1S/C13H14N2O2/c1-15-11(10-6-3-2-4-7-10)14-17-13(12(15)16)8-5-9-13/h2-4,6-7H,5,8-9H2,1H3. The quantitative estimate of drug-likeness (QED) is 0.737. The normalized spacial score (nSPS) is 21.8. The van der Waals surface area contributed by atoms with E-state index in [-0.39, 0.29) is 5.91 Å². The SMILES string of the molecule is CN1C(=O)C2(CCC2)ON=C1c1ccccc1. The van der Waals surface area contributed by atoms with Crippen molar-refractivity contribution in [3.8, 4) is 0 Å². The number of carbonyl (C=O) groups is 1. The van der Waals surface area contributed by atoms with E-state index in [1.54, 1.807) is 11.9 Å². The van der Waals surface area contributed by atoms with Crippen LogP contribution in [0.3, 0.4) is 0 Å². The molecule has 1 amide bonds. The molecule has 1 aliphatic carbocycles. The number of hydrogen-bond donors (Lipinski definition) is 0. The molecule has 0 radical (unpaired) electrons. The molecule has 0 aromatic heterocycles. The second kappa shape index (κ2) is 3.58. The monoisotopic (exact) mass is 230 g/mol. The summed E-state index contributed by atoms with van der Waals surface area (Å²) < 4.78 is 0. The molecule has 1 aromatic carbocycles. The third kappa shape index (κ3) is 1.44. The first-order valence-corrected chi connectivity index (χ1v) is 5.83. The van der Waals surface area contributed by atoms with E-state index in [0.717, 1.165) is 24.8 Å². The van der Waals surface area contributed by atoms with E-state index >= 15 is 0 Å². The maximum atomic E-state index is 12.2. The van der Waals surface area contributed by atoms with Crippen LogP contribution in [-0.4, -0.2) is 29.3 Å². The van der Waals surface area contributed by atoms with E-state index in [9.17, 15) is 4.79 Å². The van der Waals surface area contributed by atoms with Gasteiger partial charge in [0.05, 0.1) is 0 Å². The molecule has 17 heavy (non-hydrogen) atoms. The highest BCUT2D eigenvalue weighted by molar-refractivity contribution is 6.10. The Morgan fingerprint density at radius 3 is 2.59 bits per heavy atom. The lowest BCUT2D eigenvalue weighted by Crippen LogP contribution is -2.57. The van der Waals surface area contributed by atoms with Crippen molar-refractivity contribution in [2.75, 3.05) is 7.05 Å². The second-order valence-electron chi connectivity index (χ2n) is 4.58. The molecule has 2 aliphatic rings. The zero-order chi connectivity index (χ0) is 11.9. The van der Waals surface area contributed by atoms with Gasteiger partial charge >= 0.3 is 0 Å². The number of carbonyl (C=O) groups excluding carboxylic acids is 1. The van der Waals surface area contributed by atoms with Gasteiger partial charge in [-0.3, -0.25) is 9.69 Å². The van der Waals surface area contributed by atoms with Crippen LogP contribution in [0.25, 0.3) is 0 Å². The van der Waals surface area contributed by atoms with Gasteiger partial charge in [-0.25, -0.2) is 0 Å². The number of likely N-dealkylation sites (N-methyl/N-ethyl adjacent to an activating group) is 1. The first-order valence-electron chi connectivity index (χ1n) is 5.83. The van der Waals surface area contributed by atoms with Crippen molar-refractivity contribution in [2.45, 2.75) is 24.9 Å². The Bertz CT molecular complexity index is 477. The smallest absolute Gasteiger partial charge is 0.275 e. The Balaban J connectivity index is 1.95. The summed E-state index contributed by atoms with van der Waals surface area (Å²) in [5, 5.41) is 4.13. The van der Waals surface area contributed by atoms with Gasteiger partial charge in [-0.1, -0.05) is 35.5 Å². The minimum atomic E-state index is -0.660. The van der Waals surface area contributed by atoms with E-state index < -0.39 is 5.60 Å². The first-order chi connectivity index (χ1) is 8.23. The van der Waals surface area contributed by atoms with Crippen LogP contribution in [0.15, 0.2) is 35.5 Å². The number of amides is 1. The third-order valence-corrected chi connectivity index (χ3v) is 3.51. The van der Waals surface area contributed by atoms with Crippen molar-refractivity contribution in [3.63, 3.8) is 0 Å². The lowest BCUT2D eigenvalue weighted by atomic mass is 9.78. The van der Waals surface area contributed by atoms with Gasteiger partial charge in [-0.15, -0.1) is 0 Å². The van der Waals surface area contributed by atoms with Crippen molar-refractivity contribution < 1.29 is 9.63 Å². The van der Waals surface area contributed by atoms with Crippen LogP contribution in [0, 0.1) is 0 Å². The molecule has 0 saturated heterocycles. The van der Waals surface area contributed by atoms with Crippen LogP contribution in [-0.2, 0) is 9.63 Å². The molecule has 1 heterocycles. The van der Waals surface area contributed by atoms with Crippen molar-refractivity contribution in [1.29, 1.82) is 0 Å². The van der Waals surface area contributed by atoms with Gasteiger partial charge in [-0.05, 0) is 19.3 Å². The molecule has 0 bridgehead atoms. The van der Waals surface area contributed by atoms with Gasteiger partial charge in [0.1, 0.15) is 0 Å². The molecular weight excluding hydrogens is 216 g/mol. The molecule has 1 saturated carbocycles. The first kappa shape index (κ1) is 10.3. The summed E-state index contributed by atoms with van der Waals surface area (Å²) in [7, 11) is 1.76. The van der Waals surface area contributed by atoms with E-state index in [4.69, 9.17) is 4.84 Å². The number of benzene rings is 1. The summed E-state index contributed by atoms with van der Waals surface area (Å²) in [4.78, 5) is 19.3. The molecule has 1 aliphatic heterocycles. The molecule has 0 unspecified atom stereocenters. The predicted octanol–water partition coefficient (Wildman–Crippen LogP) is 1.76. The van der Waals surface area contributed by atoms with Crippen LogP contribution >= 0.6 is 0 Å². The molecule has 1 aromatic rings. The predicted molar refractivity (Wildman–Crippen MR) is 63.4 cm³/mol. The Hall–Kier alpha value is -1.84. The number of nitrogens with zero attached hydrogens (tertiary/aromatic N) is 2. The Morgan fingerprint density at radius 2 is 2.00 bits per heavy atom. The van der Waals surface area contributed by atoms with E-state index in [1.807, 2.05) is 30.3 Å². The molecule has 1 spiro atoms. The van der Waals surface area contributed by atoms with Gasteiger partial charge in [0, 0.05) is 12.6 Å². The summed E-state index contributed by atoms with van der Waals surface area (Å²) >= 11 is 0. The second-order valence-corrected chi connectivity index (χ2v) is 4.58. The fourth-order valence-electron chi connectivity index (χ4n) is 2.27. The Morgan fingerprint density at radius 1 is 1.29 bits per heavy atom. The van der Waals surface area contributed by atoms with Crippen molar-refractivity contribution in [3.05, 3.63) is 35.9 Å². The Kier molecular flexibility index (Phi) is 2.18. The molecule has 0 atom stereocenters. The highest BCUT2D eigenvalue weighted by Gasteiger charge is 2.52. The molecular formula is C13H14N2O2. The zero-order valence-electron chi connectivity index (χ0n) is 9.72. The van der Waals surface area contributed by atoms with Gasteiger partial charge in [0.2, 0.25) is 5.60 Å². The largest absolute Gasteiger partial charge is 0.377 e. The molecule has 0 N–H and O–H groups in total. The van der Waals surface area contributed by atoms with Crippen LogP contribution in [0.1, 0.15) is 24.8 Å². The molecule has 1 fully saturated rings. The van der Waals surface area contributed by atoms with Gasteiger partial charge in [0.25, 0.3) is 5.91 Å². The number of oxime groups is 1. The average molecular weight is 230 g/mol. The maximum Gasteiger partial charge on any atom is 0.275 e. The van der Waals surface area contributed by atoms with Crippen LogP contribution in [0.2, 0.25) is 0 Å². The van der Waals surface area contributed by atoms with Crippen LogP contribution in [0.4, 0.5) is 0 Å². The van der Waals surface area contributed by atoms with Crippen molar-refractivity contribution in [1.82, 2.24) is 4.90 Å². The molecule has 3 rings (SSSR count). The summed E-state index contributed by atoms with van der Waals surface area (Å²) in [6.45, 7) is 0. The lowest BCUT2D eigenvalue weighted by Gasteiger charge is -2.42. The number of rotatable bonds is 1. The fourth-order valence-corrected chi connectivity index (χ4v) is 2.27. The topological polar surface area (TPSA) is 41.9 Å². The van der Waals surface area contributed by atoms with Gasteiger partial charge in [0.15, 0.2) is 5.84 Å². The summed E-state index contributed by atoms with van der Waals surface area (Å²) in [5.41, 5.74) is 0.241. The fraction of sp³-hybridized carbons (Fsp3) is 0.385. The van der Waals surface area contributed by atoms with Crippen molar-refractivity contribution in [2.24, 2.45) is 5.16 Å². The van der Waals surface area contributed by atoms with Gasteiger partial charge in [-0.2, -0.15) is 0 Å². The van der Waals surface area contributed by atoms with E-state index in [1.165, 1.54) is 0 Å². The van der Waals surface area contributed by atoms with Crippen molar-refractivity contribution >= 4 is 11.7 Å². The average Bonchev–Trinajstić information content (AvgIpc) is 2.32. The van der Waals surface area contributed by atoms with E-state index in [2.05, 4.69) is 5.16 Å². The minimum absolute atomic E-state index is 0.0256. The Labute approximate surface area is 99.9 Å².